The molecule has 0 bridgehead atoms. The number of anilines is 1. The summed E-state index contributed by atoms with van der Waals surface area (Å²) < 4.78 is 9.50. The van der Waals surface area contributed by atoms with Crippen LogP contribution >= 0.6 is 12.6 Å². The molecule has 0 radical (unpaired) electrons. The van der Waals surface area contributed by atoms with Crippen LogP contribution in [0.3, 0.4) is 0 Å². The Hall–Kier alpha value is -2.00. The summed E-state index contributed by atoms with van der Waals surface area (Å²) in [6.45, 7) is 7.45. The highest BCUT2D eigenvalue weighted by molar-refractivity contribution is 7.79. The van der Waals surface area contributed by atoms with E-state index in [-0.39, 0.29) is 0 Å². The van der Waals surface area contributed by atoms with Gasteiger partial charge in [0.1, 0.15) is 0 Å². The smallest absolute Gasteiger partial charge is 0.0785 e. The van der Waals surface area contributed by atoms with Gasteiger partial charge < -0.3 is 5.32 Å². The molecule has 2 unspecified atom stereocenters. The Balaban J connectivity index is 0.000000320. The van der Waals surface area contributed by atoms with Crippen LogP contribution in [0.2, 0.25) is 0 Å². The van der Waals surface area contributed by atoms with Crippen LogP contribution in [-0.4, -0.2) is 13.7 Å². The average molecular weight is 510 g/mol. The van der Waals surface area contributed by atoms with E-state index in [1.54, 1.807) is 5.57 Å². The molecule has 1 N–H and O–H groups in total. The zero-order chi connectivity index (χ0) is 26.2. The number of thiol groups is 1. The fraction of sp³-hybridized carbons (Fsp3) is 0.515. The molecule has 1 heterocycles. The van der Waals surface area contributed by atoms with Crippen molar-refractivity contribution < 1.29 is 4.39 Å². The monoisotopic (exact) mass is 509 g/mol. The molecule has 5 rings (SSSR count). The summed E-state index contributed by atoms with van der Waals surface area (Å²) in [5, 5.41) is 3.61. The Kier molecular flexibility index (Phi) is 14.7. The number of hydrogen-bond acceptors (Lipinski definition) is 2. The molecule has 2 aliphatic carbocycles. The Bertz CT molecular complexity index is 915. The second kappa shape index (κ2) is 17.5. The molecule has 36 heavy (non-hydrogen) atoms. The fourth-order valence-electron chi connectivity index (χ4n) is 5.32. The molecule has 0 saturated heterocycles. The van der Waals surface area contributed by atoms with Crippen molar-refractivity contribution >= 4 is 18.3 Å². The van der Waals surface area contributed by atoms with Gasteiger partial charge in [-0.1, -0.05) is 107 Å². The van der Waals surface area contributed by atoms with Crippen molar-refractivity contribution in [2.24, 2.45) is 11.8 Å². The topological polar surface area (TPSA) is 12.0 Å². The summed E-state index contributed by atoms with van der Waals surface area (Å²) >= 11 is 4.11. The summed E-state index contributed by atoms with van der Waals surface area (Å²) in [4.78, 5) is 0. The van der Waals surface area contributed by atoms with Gasteiger partial charge in [-0.05, 0) is 65.8 Å². The van der Waals surface area contributed by atoms with Crippen LogP contribution in [0.15, 0.2) is 72.3 Å². The first kappa shape index (κ1) is 30.2. The maximum Gasteiger partial charge on any atom is 0.0785 e. The molecule has 0 amide bonds. The van der Waals surface area contributed by atoms with E-state index < -0.39 is 0 Å². The number of alkyl halides is 1. The first-order valence-corrected chi connectivity index (χ1v) is 14.7. The molecular formula is C33H48FNS. The third kappa shape index (κ3) is 9.14. The van der Waals surface area contributed by atoms with Crippen molar-refractivity contribution in [2.75, 3.05) is 19.0 Å². The Morgan fingerprint density at radius 3 is 2.28 bits per heavy atom. The van der Waals surface area contributed by atoms with Gasteiger partial charge in [0.2, 0.25) is 0 Å². The lowest BCUT2D eigenvalue weighted by molar-refractivity contribution is 0.406. The van der Waals surface area contributed by atoms with Gasteiger partial charge >= 0.3 is 0 Å². The SMILES string of the molecule is CC.CCC1CNc2ccc(C3C=CC(C4CCCCC4)=CC3)cc2C1.CF.SCc1ccccc1. The van der Waals surface area contributed by atoms with E-state index in [9.17, 15) is 4.39 Å². The molecule has 2 aromatic carbocycles. The molecule has 1 nitrogen and oxygen atoms in total. The summed E-state index contributed by atoms with van der Waals surface area (Å²) in [5.41, 5.74) is 7.29. The Morgan fingerprint density at radius 1 is 0.972 bits per heavy atom. The van der Waals surface area contributed by atoms with Crippen molar-refractivity contribution in [1.82, 2.24) is 0 Å². The lowest BCUT2D eigenvalue weighted by atomic mass is 9.79. The van der Waals surface area contributed by atoms with Crippen LogP contribution in [0.4, 0.5) is 10.1 Å². The summed E-state index contributed by atoms with van der Waals surface area (Å²) in [6, 6.07) is 17.3. The van der Waals surface area contributed by atoms with Crippen LogP contribution in [0.5, 0.6) is 0 Å². The van der Waals surface area contributed by atoms with Crippen LogP contribution in [-0.2, 0) is 12.2 Å². The summed E-state index contributed by atoms with van der Waals surface area (Å²) in [7, 11) is 0.500. The lowest BCUT2D eigenvalue weighted by Crippen LogP contribution is -2.22. The largest absolute Gasteiger partial charge is 0.385 e. The third-order valence-electron chi connectivity index (χ3n) is 7.46. The van der Waals surface area contributed by atoms with Crippen LogP contribution < -0.4 is 5.32 Å². The van der Waals surface area contributed by atoms with Gasteiger partial charge in [-0.3, -0.25) is 4.39 Å². The van der Waals surface area contributed by atoms with Gasteiger partial charge in [0.25, 0.3) is 0 Å². The van der Waals surface area contributed by atoms with E-state index in [1.165, 1.54) is 73.7 Å². The number of hydrogen-bond donors (Lipinski definition) is 2. The Labute approximate surface area is 226 Å². The second-order valence-corrected chi connectivity index (χ2v) is 9.98. The number of benzene rings is 2. The molecule has 1 aliphatic heterocycles. The molecule has 2 atom stereocenters. The molecule has 0 aromatic heterocycles. The molecule has 198 valence electrons. The van der Waals surface area contributed by atoms with Gasteiger partial charge in [-0.2, -0.15) is 12.6 Å². The van der Waals surface area contributed by atoms with E-state index in [0.29, 0.717) is 13.1 Å². The second-order valence-electron chi connectivity index (χ2n) is 9.66. The van der Waals surface area contributed by atoms with E-state index in [4.69, 9.17) is 0 Å². The zero-order valence-corrected chi connectivity index (χ0v) is 23.9. The van der Waals surface area contributed by atoms with Crippen LogP contribution in [0.1, 0.15) is 88.3 Å². The highest BCUT2D eigenvalue weighted by Gasteiger charge is 2.21. The average Bonchev–Trinajstić information content (AvgIpc) is 3.00. The maximum atomic E-state index is 9.50. The number of halogens is 1. The van der Waals surface area contributed by atoms with Crippen LogP contribution in [0.25, 0.3) is 0 Å². The van der Waals surface area contributed by atoms with E-state index >= 15 is 0 Å². The molecule has 3 aliphatic rings. The standard InChI is InChI=1S/C23H31N.C7H8S.C2H6.CH3F/c1-2-17-14-22-15-21(12-13-23(22)24-16-17)20-10-8-19(9-11-20)18-6-4-3-5-7-18;8-6-7-4-2-1-3-5-7;2*1-2/h8-10,12-13,15,17-18,20,24H,2-7,11,14,16H2,1H3;1-5,8H,6H2;1-2H3;1H3. The summed E-state index contributed by atoms with van der Waals surface area (Å²) in [5.74, 6) is 3.05. The normalized spacial score (nSPS) is 20.6. The van der Waals surface area contributed by atoms with Gasteiger partial charge in [-0.15, -0.1) is 0 Å². The molecule has 3 heteroatoms. The number of fused-ring (bicyclic) bond motifs is 1. The van der Waals surface area contributed by atoms with E-state index in [1.807, 2.05) is 32.0 Å². The molecule has 0 spiro atoms. The minimum atomic E-state index is 0.500. The van der Waals surface area contributed by atoms with Crippen molar-refractivity contribution in [2.45, 2.75) is 83.8 Å². The third-order valence-corrected chi connectivity index (χ3v) is 7.82. The van der Waals surface area contributed by atoms with Crippen molar-refractivity contribution in [1.29, 1.82) is 0 Å². The van der Waals surface area contributed by atoms with Crippen molar-refractivity contribution in [3.8, 4) is 0 Å². The van der Waals surface area contributed by atoms with Gasteiger partial charge in [0, 0.05) is 23.9 Å². The minimum Gasteiger partial charge on any atom is -0.385 e. The van der Waals surface area contributed by atoms with Crippen molar-refractivity contribution in [3.05, 3.63) is 89.0 Å². The predicted molar refractivity (Wildman–Crippen MR) is 161 cm³/mol. The van der Waals surface area contributed by atoms with E-state index in [2.05, 4.69) is 73.4 Å². The molecule has 1 fully saturated rings. The van der Waals surface area contributed by atoms with Crippen LogP contribution in [0, 0.1) is 11.8 Å². The van der Waals surface area contributed by atoms with Gasteiger partial charge in [-0.25, -0.2) is 0 Å². The van der Waals surface area contributed by atoms with Gasteiger partial charge in [0.05, 0.1) is 7.18 Å². The lowest BCUT2D eigenvalue weighted by Gasteiger charge is -2.28. The first-order valence-electron chi connectivity index (χ1n) is 14.0. The van der Waals surface area contributed by atoms with Gasteiger partial charge in [0.15, 0.2) is 0 Å². The molecule has 1 saturated carbocycles. The first-order chi connectivity index (χ1) is 17.8. The molecular weight excluding hydrogens is 461 g/mol. The van der Waals surface area contributed by atoms with E-state index in [0.717, 1.165) is 24.1 Å². The Morgan fingerprint density at radius 2 is 1.69 bits per heavy atom. The quantitative estimate of drug-likeness (QED) is 0.391. The fourth-order valence-corrected chi connectivity index (χ4v) is 5.53. The highest BCUT2D eigenvalue weighted by atomic mass is 32.1. The minimum absolute atomic E-state index is 0.500. The number of nitrogens with one attached hydrogen (secondary N) is 1. The maximum absolute atomic E-state index is 9.50. The number of rotatable bonds is 4. The highest BCUT2D eigenvalue weighted by Crippen LogP contribution is 2.37. The molecule has 2 aromatic rings. The van der Waals surface area contributed by atoms with Crippen molar-refractivity contribution in [3.63, 3.8) is 0 Å². The number of allylic oxidation sites excluding steroid dienone is 4. The zero-order valence-electron chi connectivity index (χ0n) is 23.0. The summed E-state index contributed by atoms with van der Waals surface area (Å²) in [6.07, 6.45) is 18.3. The predicted octanol–water partition coefficient (Wildman–Crippen LogP) is 9.96.